The zero-order valence-corrected chi connectivity index (χ0v) is 16.5. The molecule has 0 unspecified atom stereocenters. The summed E-state index contributed by atoms with van der Waals surface area (Å²) in [5, 5.41) is 9.83. The Balaban J connectivity index is 1.55. The van der Waals surface area contributed by atoms with E-state index in [1.807, 2.05) is 24.3 Å². The first-order valence-corrected chi connectivity index (χ1v) is 9.62. The second kappa shape index (κ2) is 8.51. The Morgan fingerprint density at radius 2 is 2.00 bits per heavy atom. The molecule has 0 radical (unpaired) electrons. The molecule has 1 atom stereocenters. The van der Waals surface area contributed by atoms with Gasteiger partial charge in [-0.1, -0.05) is 24.3 Å². The molecule has 3 aromatic rings. The van der Waals surface area contributed by atoms with Gasteiger partial charge in [-0.15, -0.1) is 0 Å². The number of benzene rings is 2. The molecule has 1 aliphatic heterocycles. The number of pyridine rings is 1. The second-order valence-corrected chi connectivity index (χ2v) is 7.11. The molecule has 1 N–H and O–H groups in total. The van der Waals surface area contributed by atoms with Gasteiger partial charge in [-0.05, 0) is 41.5 Å². The van der Waals surface area contributed by atoms with E-state index in [9.17, 15) is 14.3 Å². The van der Waals surface area contributed by atoms with Crippen molar-refractivity contribution >= 4 is 11.7 Å². The molecule has 4 rings (SSSR count). The average Bonchev–Trinajstić information content (AvgIpc) is 3.10. The fourth-order valence-electron chi connectivity index (χ4n) is 3.67. The lowest BCUT2D eigenvalue weighted by atomic mass is 10.1. The summed E-state index contributed by atoms with van der Waals surface area (Å²) in [6, 6.07) is 15.8. The first kappa shape index (κ1) is 19.8. The third-order valence-electron chi connectivity index (χ3n) is 5.27. The van der Waals surface area contributed by atoms with Gasteiger partial charge in [-0.2, -0.15) is 0 Å². The summed E-state index contributed by atoms with van der Waals surface area (Å²) in [5.74, 6) is 0.322. The van der Waals surface area contributed by atoms with Crippen molar-refractivity contribution in [2.75, 3.05) is 25.2 Å². The van der Waals surface area contributed by atoms with Gasteiger partial charge in [0.1, 0.15) is 11.6 Å². The van der Waals surface area contributed by atoms with E-state index in [1.54, 1.807) is 53.4 Å². The lowest BCUT2D eigenvalue weighted by Crippen LogP contribution is -2.36. The zero-order valence-electron chi connectivity index (χ0n) is 16.5. The van der Waals surface area contributed by atoms with Crippen molar-refractivity contribution in [3.8, 4) is 16.9 Å². The van der Waals surface area contributed by atoms with Crippen LogP contribution in [0.25, 0.3) is 11.1 Å². The highest BCUT2D eigenvalue weighted by molar-refractivity contribution is 5.95. The molecule has 6 nitrogen and oxygen atoms in total. The van der Waals surface area contributed by atoms with Gasteiger partial charge in [0.05, 0.1) is 32.5 Å². The van der Waals surface area contributed by atoms with Crippen LogP contribution in [0.15, 0.2) is 67.0 Å². The number of carbonyl (C=O) groups is 1. The number of ether oxygens (including phenoxy) is 1. The van der Waals surface area contributed by atoms with Gasteiger partial charge >= 0.3 is 6.03 Å². The highest BCUT2D eigenvalue weighted by Gasteiger charge is 2.37. The number of halogens is 1. The number of aliphatic hydroxyl groups excluding tert-OH is 1. The highest BCUT2D eigenvalue weighted by atomic mass is 19.1. The number of aliphatic hydroxyl groups is 1. The minimum absolute atomic E-state index is 0.132. The molecule has 30 heavy (non-hydrogen) atoms. The Morgan fingerprint density at radius 1 is 1.20 bits per heavy atom. The van der Waals surface area contributed by atoms with Gasteiger partial charge in [0.25, 0.3) is 0 Å². The number of methoxy groups -OCH3 is 1. The molecule has 0 aliphatic carbocycles. The summed E-state index contributed by atoms with van der Waals surface area (Å²) >= 11 is 0. The Kier molecular flexibility index (Phi) is 5.63. The van der Waals surface area contributed by atoms with E-state index >= 15 is 0 Å². The summed E-state index contributed by atoms with van der Waals surface area (Å²) in [6.45, 7) is 0.618. The Morgan fingerprint density at radius 3 is 2.70 bits per heavy atom. The molecule has 154 valence electrons. The van der Waals surface area contributed by atoms with E-state index in [1.165, 1.54) is 6.20 Å². The summed E-state index contributed by atoms with van der Waals surface area (Å²) in [5.41, 5.74) is 2.78. The van der Waals surface area contributed by atoms with Gasteiger partial charge in [0.2, 0.25) is 0 Å². The van der Waals surface area contributed by atoms with Gasteiger partial charge in [-0.3, -0.25) is 9.88 Å². The molecule has 2 amide bonds. The molecule has 1 aromatic heterocycles. The molecule has 0 spiro atoms. The highest BCUT2D eigenvalue weighted by Crippen LogP contribution is 2.29. The minimum atomic E-state index is -0.396. The third kappa shape index (κ3) is 3.84. The van der Waals surface area contributed by atoms with E-state index in [4.69, 9.17) is 4.74 Å². The first-order chi connectivity index (χ1) is 14.6. The molecule has 0 saturated carbocycles. The number of hydrogen-bond acceptors (Lipinski definition) is 4. The predicted molar refractivity (Wildman–Crippen MR) is 112 cm³/mol. The zero-order chi connectivity index (χ0) is 21.1. The number of carbonyl (C=O) groups excluding carboxylic acids is 1. The quantitative estimate of drug-likeness (QED) is 0.677. The number of urea groups is 1. The summed E-state index contributed by atoms with van der Waals surface area (Å²) < 4.78 is 19.2. The van der Waals surface area contributed by atoms with Crippen molar-refractivity contribution < 1.29 is 19.0 Å². The summed E-state index contributed by atoms with van der Waals surface area (Å²) in [7, 11) is 1.60. The van der Waals surface area contributed by atoms with Gasteiger partial charge in [-0.25, -0.2) is 9.18 Å². The van der Waals surface area contributed by atoms with Crippen LogP contribution in [0.2, 0.25) is 0 Å². The van der Waals surface area contributed by atoms with Crippen molar-refractivity contribution in [2.45, 2.75) is 12.6 Å². The maximum atomic E-state index is 14.0. The molecule has 2 heterocycles. The fraction of sp³-hybridized carbons (Fsp3) is 0.217. The van der Waals surface area contributed by atoms with Crippen LogP contribution in [-0.4, -0.2) is 47.3 Å². The van der Waals surface area contributed by atoms with Crippen molar-refractivity contribution in [2.24, 2.45) is 0 Å². The Labute approximate surface area is 174 Å². The van der Waals surface area contributed by atoms with Crippen LogP contribution < -0.4 is 9.64 Å². The van der Waals surface area contributed by atoms with E-state index in [0.717, 1.165) is 11.3 Å². The van der Waals surface area contributed by atoms with E-state index in [2.05, 4.69) is 4.98 Å². The maximum Gasteiger partial charge on any atom is 0.325 e. The van der Waals surface area contributed by atoms with Gasteiger partial charge in [0.15, 0.2) is 0 Å². The number of aromatic nitrogens is 1. The molecule has 1 saturated heterocycles. The van der Waals surface area contributed by atoms with E-state index in [0.29, 0.717) is 29.9 Å². The molecule has 2 aromatic carbocycles. The number of anilines is 1. The summed E-state index contributed by atoms with van der Waals surface area (Å²) in [6.07, 6.45) is 2.72. The van der Waals surface area contributed by atoms with Crippen LogP contribution in [0.4, 0.5) is 14.9 Å². The first-order valence-electron chi connectivity index (χ1n) is 9.62. The topological polar surface area (TPSA) is 65.9 Å². The largest absolute Gasteiger partial charge is 0.497 e. The molecular formula is C23H22FN3O3. The van der Waals surface area contributed by atoms with Gasteiger partial charge in [0, 0.05) is 24.0 Å². The summed E-state index contributed by atoms with van der Waals surface area (Å²) in [4.78, 5) is 20.1. The minimum Gasteiger partial charge on any atom is -0.497 e. The van der Waals surface area contributed by atoms with Crippen LogP contribution in [0.3, 0.4) is 0 Å². The molecule has 1 fully saturated rings. The predicted octanol–water partition coefficient (Wildman–Crippen LogP) is 3.70. The van der Waals surface area contributed by atoms with E-state index in [-0.39, 0.29) is 18.7 Å². The molecule has 7 heteroatoms. The van der Waals surface area contributed by atoms with Crippen molar-refractivity contribution in [3.05, 3.63) is 78.4 Å². The fourth-order valence-corrected chi connectivity index (χ4v) is 3.67. The monoisotopic (exact) mass is 407 g/mol. The third-order valence-corrected chi connectivity index (χ3v) is 5.27. The normalized spacial score (nSPS) is 16.2. The van der Waals surface area contributed by atoms with Crippen molar-refractivity contribution in [1.29, 1.82) is 0 Å². The Hall–Kier alpha value is -3.45. The number of amides is 2. The van der Waals surface area contributed by atoms with Gasteiger partial charge < -0.3 is 14.7 Å². The van der Waals surface area contributed by atoms with Crippen LogP contribution in [0.1, 0.15) is 5.56 Å². The maximum absolute atomic E-state index is 14.0. The second-order valence-electron chi connectivity index (χ2n) is 7.11. The number of rotatable bonds is 6. The Bertz CT molecular complexity index is 1040. The van der Waals surface area contributed by atoms with Crippen LogP contribution >= 0.6 is 0 Å². The molecular weight excluding hydrogens is 385 g/mol. The number of hydrogen-bond donors (Lipinski definition) is 1. The SMILES string of the molecule is COc1cccc(CN2C(=O)N(c3ccc(-c4ccncc4F)cc3)C[C@@H]2CO)c1. The molecule has 0 bridgehead atoms. The van der Waals surface area contributed by atoms with Crippen LogP contribution in [0, 0.1) is 5.82 Å². The standard InChI is InChI=1S/C23H22FN3O3/c1-30-20-4-2-3-16(11-20)13-26-19(15-28)14-27(23(26)29)18-7-5-17(6-8-18)21-9-10-25-12-22(21)24/h2-12,19,28H,13-15H2,1H3/t19-/m1/s1. The van der Waals surface area contributed by atoms with Crippen LogP contribution in [0.5, 0.6) is 5.75 Å². The average molecular weight is 407 g/mol. The molecule has 1 aliphatic rings. The lowest BCUT2D eigenvalue weighted by molar-refractivity contribution is 0.161. The van der Waals surface area contributed by atoms with Crippen LogP contribution in [-0.2, 0) is 6.54 Å². The van der Waals surface area contributed by atoms with Crippen molar-refractivity contribution in [3.63, 3.8) is 0 Å². The number of nitrogens with zero attached hydrogens (tertiary/aromatic N) is 3. The lowest BCUT2D eigenvalue weighted by Gasteiger charge is -2.22. The van der Waals surface area contributed by atoms with E-state index < -0.39 is 5.82 Å². The smallest absolute Gasteiger partial charge is 0.325 e. The van der Waals surface area contributed by atoms with Crippen molar-refractivity contribution in [1.82, 2.24) is 9.88 Å².